The Hall–Kier alpha value is -0.590. The summed E-state index contributed by atoms with van der Waals surface area (Å²) in [6.07, 6.45) is 5.76. The molecule has 1 saturated heterocycles. The van der Waals surface area contributed by atoms with Gasteiger partial charge in [0.2, 0.25) is 0 Å². The summed E-state index contributed by atoms with van der Waals surface area (Å²) >= 11 is 0. The van der Waals surface area contributed by atoms with Gasteiger partial charge in [-0.05, 0) is 39.3 Å². The quantitative estimate of drug-likeness (QED) is 0.750. The fourth-order valence-corrected chi connectivity index (χ4v) is 2.30. The van der Waals surface area contributed by atoms with Crippen LogP contribution in [0.1, 0.15) is 46.0 Å². The first kappa shape index (κ1) is 13.5. The Balaban J connectivity index is 2.22. The maximum absolute atomic E-state index is 8.68. The lowest BCUT2D eigenvalue weighted by molar-refractivity contribution is 0.168. The van der Waals surface area contributed by atoms with Crippen LogP contribution in [0.4, 0.5) is 0 Å². The van der Waals surface area contributed by atoms with Crippen molar-refractivity contribution in [2.24, 2.45) is 0 Å². The molecule has 0 aromatic rings. The molecule has 1 N–H and O–H groups in total. The van der Waals surface area contributed by atoms with Crippen LogP contribution < -0.4 is 5.32 Å². The Labute approximate surface area is 99.8 Å². The average Bonchev–Trinajstić information content (AvgIpc) is 2.35. The van der Waals surface area contributed by atoms with Crippen molar-refractivity contribution in [1.82, 2.24) is 10.2 Å². The highest BCUT2D eigenvalue weighted by molar-refractivity contribution is 4.81. The molecule has 0 saturated carbocycles. The smallest absolute Gasteiger partial charge is 0.0638 e. The summed E-state index contributed by atoms with van der Waals surface area (Å²) in [5, 5.41) is 12.2. The van der Waals surface area contributed by atoms with Crippen molar-refractivity contribution < 1.29 is 0 Å². The fourth-order valence-electron chi connectivity index (χ4n) is 2.30. The topological polar surface area (TPSA) is 39.1 Å². The molecule has 0 radical (unpaired) electrons. The maximum atomic E-state index is 8.68. The second kappa shape index (κ2) is 7.65. The molecule has 0 aliphatic carbocycles. The molecular weight excluding hydrogens is 198 g/mol. The molecule has 1 aliphatic rings. The second-order valence-electron chi connectivity index (χ2n) is 4.82. The summed E-state index contributed by atoms with van der Waals surface area (Å²) in [7, 11) is 0. The van der Waals surface area contributed by atoms with E-state index in [1.54, 1.807) is 0 Å². The van der Waals surface area contributed by atoms with Crippen molar-refractivity contribution in [3.63, 3.8) is 0 Å². The minimum atomic E-state index is 0.372. The number of hydrogen-bond acceptors (Lipinski definition) is 3. The van der Waals surface area contributed by atoms with Gasteiger partial charge in [-0.3, -0.25) is 4.90 Å². The van der Waals surface area contributed by atoms with Crippen LogP contribution in [-0.4, -0.2) is 36.6 Å². The first-order valence-corrected chi connectivity index (χ1v) is 6.62. The van der Waals surface area contributed by atoms with Gasteiger partial charge in [0.1, 0.15) is 0 Å². The van der Waals surface area contributed by atoms with Crippen molar-refractivity contribution in [3.05, 3.63) is 0 Å². The van der Waals surface area contributed by atoms with Crippen LogP contribution in [0.2, 0.25) is 0 Å². The third-order valence-electron chi connectivity index (χ3n) is 3.55. The molecule has 1 heterocycles. The first-order chi connectivity index (χ1) is 7.77. The zero-order valence-corrected chi connectivity index (χ0v) is 10.7. The van der Waals surface area contributed by atoms with Gasteiger partial charge in [0.25, 0.3) is 0 Å². The molecule has 92 valence electrons. The molecule has 3 heteroatoms. The van der Waals surface area contributed by atoms with E-state index in [-0.39, 0.29) is 0 Å². The molecule has 0 spiro atoms. The van der Waals surface area contributed by atoms with E-state index in [9.17, 15) is 0 Å². The maximum Gasteiger partial charge on any atom is 0.0638 e. The van der Waals surface area contributed by atoms with Gasteiger partial charge >= 0.3 is 0 Å². The van der Waals surface area contributed by atoms with Gasteiger partial charge < -0.3 is 5.32 Å². The third-order valence-corrected chi connectivity index (χ3v) is 3.55. The lowest BCUT2D eigenvalue weighted by Gasteiger charge is -2.33. The van der Waals surface area contributed by atoms with E-state index in [0.29, 0.717) is 18.5 Å². The molecule has 1 aliphatic heterocycles. The zero-order valence-electron chi connectivity index (χ0n) is 10.7. The standard InChI is InChI=1S/C13H25N3/c1-3-13(7-8-14)15-11-12(2)16-9-5-4-6-10-16/h12-13,15H,3-7,9-11H2,1-2H3. The lowest BCUT2D eigenvalue weighted by atomic mass is 10.1. The predicted octanol–water partition coefficient (Wildman–Crippen LogP) is 2.14. The summed E-state index contributed by atoms with van der Waals surface area (Å²) in [6, 6.07) is 3.22. The monoisotopic (exact) mass is 223 g/mol. The largest absolute Gasteiger partial charge is 0.311 e. The summed E-state index contributed by atoms with van der Waals surface area (Å²) in [5.74, 6) is 0. The number of nitriles is 1. The summed E-state index contributed by atoms with van der Waals surface area (Å²) in [5.41, 5.74) is 0. The Morgan fingerprint density at radius 3 is 2.56 bits per heavy atom. The molecule has 0 aromatic heterocycles. The van der Waals surface area contributed by atoms with Gasteiger partial charge in [0.05, 0.1) is 12.5 Å². The number of likely N-dealkylation sites (tertiary alicyclic amines) is 1. The van der Waals surface area contributed by atoms with Gasteiger partial charge in [-0.25, -0.2) is 0 Å². The summed E-state index contributed by atoms with van der Waals surface area (Å²) in [4.78, 5) is 2.57. The van der Waals surface area contributed by atoms with Gasteiger partial charge in [-0.1, -0.05) is 13.3 Å². The van der Waals surface area contributed by atoms with Gasteiger partial charge in [-0.15, -0.1) is 0 Å². The third kappa shape index (κ3) is 4.51. The fraction of sp³-hybridized carbons (Fsp3) is 0.923. The van der Waals surface area contributed by atoms with E-state index < -0.39 is 0 Å². The molecule has 2 unspecified atom stereocenters. The second-order valence-corrected chi connectivity index (χ2v) is 4.82. The summed E-state index contributed by atoms with van der Waals surface area (Å²) in [6.45, 7) is 7.94. The Bertz CT molecular complexity index is 216. The molecular formula is C13H25N3. The Morgan fingerprint density at radius 2 is 2.00 bits per heavy atom. The zero-order chi connectivity index (χ0) is 11.8. The van der Waals surface area contributed by atoms with Gasteiger partial charge in [0.15, 0.2) is 0 Å². The minimum Gasteiger partial charge on any atom is -0.311 e. The van der Waals surface area contributed by atoms with Gasteiger partial charge in [-0.2, -0.15) is 5.26 Å². The van der Waals surface area contributed by atoms with Crippen molar-refractivity contribution in [1.29, 1.82) is 5.26 Å². The highest BCUT2D eigenvalue weighted by Gasteiger charge is 2.17. The average molecular weight is 223 g/mol. The van der Waals surface area contributed by atoms with Crippen molar-refractivity contribution in [2.45, 2.75) is 58.0 Å². The Morgan fingerprint density at radius 1 is 1.31 bits per heavy atom. The number of piperidine rings is 1. The van der Waals surface area contributed by atoms with E-state index in [0.717, 1.165) is 13.0 Å². The molecule has 3 nitrogen and oxygen atoms in total. The molecule has 2 atom stereocenters. The van der Waals surface area contributed by atoms with E-state index in [2.05, 4.69) is 30.1 Å². The molecule has 1 fully saturated rings. The highest BCUT2D eigenvalue weighted by atomic mass is 15.2. The van der Waals surface area contributed by atoms with Crippen LogP contribution in [0, 0.1) is 11.3 Å². The summed E-state index contributed by atoms with van der Waals surface area (Å²) < 4.78 is 0. The van der Waals surface area contributed by atoms with Crippen LogP contribution in [0.3, 0.4) is 0 Å². The first-order valence-electron chi connectivity index (χ1n) is 6.62. The lowest BCUT2D eigenvalue weighted by Crippen LogP contribution is -2.45. The number of rotatable bonds is 6. The van der Waals surface area contributed by atoms with Gasteiger partial charge in [0, 0.05) is 18.6 Å². The number of nitrogens with zero attached hydrogens (tertiary/aromatic N) is 2. The molecule has 0 aromatic carbocycles. The number of hydrogen-bond donors (Lipinski definition) is 1. The Kier molecular flexibility index (Phi) is 6.44. The molecule has 1 rings (SSSR count). The van der Waals surface area contributed by atoms with E-state index in [1.165, 1.54) is 32.4 Å². The van der Waals surface area contributed by atoms with E-state index in [1.807, 2.05) is 0 Å². The highest BCUT2D eigenvalue weighted by Crippen LogP contribution is 2.11. The van der Waals surface area contributed by atoms with Crippen LogP contribution in [0.25, 0.3) is 0 Å². The van der Waals surface area contributed by atoms with E-state index in [4.69, 9.17) is 5.26 Å². The number of nitrogens with one attached hydrogen (secondary N) is 1. The van der Waals surface area contributed by atoms with Crippen molar-refractivity contribution in [2.75, 3.05) is 19.6 Å². The molecule has 0 bridgehead atoms. The van der Waals surface area contributed by atoms with Crippen molar-refractivity contribution in [3.8, 4) is 6.07 Å². The van der Waals surface area contributed by atoms with Crippen LogP contribution >= 0.6 is 0 Å². The predicted molar refractivity (Wildman–Crippen MR) is 67.2 cm³/mol. The SMILES string of the molecule is CCC(CC#N)NCC(C)N1CCCCC1. The molecule has 16 heavy (non-hydrogen) atoms. The molecule has 0 amide bonds. The van der Waals surface area contributed by atoms with Crippen LogP contribution in [-0.2, 0) is 0 Å². The minimum absolute atomic E-state index is 0.372. The normalized spacial score (nSPS) is 21.3. The van der Waals surface area contributed by atoms with E-state index >= 15 is 0 Å². The van der Waals surface area contributed by atoms with Crippen molar-refractivity contribution >= 4 is 0 Å². The van der Waals surface area contributed by atoms with Crippen LogP contribution in [0.15, 0.2) is 0 Å². The van der Waals surface area contributed by atoms with Crippen LogP contribution in [0.5, 0.6) is 0 Å².